The lowest BCUT2D eigenvalue weighted by Crippen LogP contribution is -2.51. The van der Waals surface area contributed by atoms with Crippen LogP contribution in [0.1, 0.15) is 57.8 Å². The smallest absolute Gasteiger partial charge is 0.191 e. The van der Waals surface area contributed by atoms with E-state index < -0.39 is 0 Å². The van der Waals surface area contributed by atoms with Gasteiger partial charge in [0.1, 0.15) is 0 Å². The fourth-order valence-corrected chi connectivity index (χ4v) is 5.64. The van der Waals surface area contributed by atoms with Gasteiger partial charge < -0.3 is 15.5 Å². The molecule has 146 valence electrons. The third-order valence-corrected chi connectivity index (χ3v) is 7.13. The van der Waals surface area contributed by atoms with E-state index in [2.05, 4.69) is 32.3 Å². The molecule has 4 nitrogen and oxygen atoms in total. The molecule has 2 aliphatic heterocycles. The maximum atomic E-state index is 4.45. The van der Waals surface area contributed by atoms with Gasteiger partial charge in [0.05, 0.1) is 0 Å². The molecule has 2 N–H and O–H groups in total. The number of nitrogens with one attached hydrogen (secondary N) is 2. The summed E-state index contributed by atoms with van der Waals surface area (Å²) >= 11 is 2.10. The van der Waals surface area contributed by atoms with Crippen LogP contribution in [0.25, 0.3) is 0 Å². The highest BCUT2D eigenvalue weighted by molar-refractivity contribution is 14.0. The van der Waals surface area contributed by atoms with Crippen molar-refractivity contribution in [3.63, 3.8) is 0 Å². The number of guanidine groups is 1. The number of halogens is 1. The molecule has 3 fully saturated rings. The van der Waals surface area contributed by atoms with Gasteiger partial charge in [0.2, 0.25) is 0 Å². The first-order valence-electron chi connectivity index (χ1n) is 10.1. The van der Waals surface area contributed by atoms with E-state index in [-0.39, 0.29) is 24.0 Å². The van der Waals surface area contributed by atoms with E-state index in [1.54, 1.807) is 0 Å². The largest absolute Gasteiger partial charge is 0.356 e. The van der Waals surface area contributed by atoms with Crippen molar-refractivity contribution in [3.05, 3.63) is 0 Å². The van der Waals surface area contributed by atoms with Crippen molar-refractivity contribution in [2.45, 2.75) is 69.9 Å². The van der Waals surface area contributed by atoms with Crippen LogP contribution in [0.15, 0.2) is 4.99 Å². The fourth-order valence-electron chi connectivity index (χ4n) is 4.43. The fraction of sp³-hybridized carbons (Fsp3) is 0.947. The molecule has 3 rings (SSSR count). The predicted molar refractivity (Wildman–Crippen MR) is 121 cm³/mol. The van der Waals surface area contributed by atoms with Crippen molar-refractivity contribution >= 4 is 41.7 Å². The quantitative estimate of drug-likeness (QED) is 0.366. The Balaban J connectivity index is 0.00000225. The average Bonchev–Trinajstić information content (AvgIpc) is 2.67. The summed E-state index contributed by atoms with van der Waals surface area (Å²) in [4.78, 5) is 7.21. The van der Waals surface area contributed by atoms with Gasteiger partial charge in [0.25, 0.3) is 0 Å². The summed E-state index contributed by atoms with van der Waals surface area (Å²) in [7, 11) is 1.91. The second-order valence-corrected chi connectivity index (χ2v) is 8.98. The molecule has 1 aliphatic carbocycles. The first kappa shape index (κ1) is 21.6. The molecule has 0 atom stereocenters. The number of piperidine rings is 1. The number of hydrogen-bond donors (Lipinski definition) is 2. The number of aliphatic imine (C=N–C) groups is 1. The highest BCUT2D eigenvalue weighted by Crippen LogP contribution is 2.25. The van der Waals surface area contributed by atoms with Gasteiger partial charge in [-0.2, -0.15) is 11.8 Å². The molecular formula is C19H37IN4S. The molecule has 2 heterocycles. The van der Waals surface area contributed by atoms with E-state index in [4.69, 9.17) is 0 Å². The predicted octanol–water partition coefficient (Wildman–Crippen LogP) is 3.71. The maximum Gasteiger partial charge on any atom is 0.191 e. The Bertz CT molecular complexity index is 387. The summed E-state index contributed by atoms with van der Waals surface area (Å²) < 4.78 is 0. The van der Waals surface area contributed by atoms with Gasteiger partial charge in [-0.25, -0.2) is 0 Å². The van der Waals surface area contributed by atoms with E-state index in [1.807, 2.05) is 7.05 Å². The SMILES string of the molecule is CN=C(NCC1CCSCC1)NC1CCN(C2CCCCC2)CC1.I. The molecule has 0 aromatic rings. The van der Waals surface area contributed by atoms with E-state index in [0.29, 0.717) is 6.04 Å². The summed E-state index contributed by atoms with van der Waals surface area (Å²) in [5.41, 5.74) is 0. The van der Waals surface area contributed by atoms with Crippen LogP contribution in [0, 0.1) is 5.92 Å². The molecule has 25 heavy (non-hydrogen) atoms. The molecule has 0 spiro atoms. The van der Waals surface area contributed by atoms with Gasteiger partial charge in [-0.05, 0) is 55.9 Å². The molecule has 2 saturated heterocycles. The number of nitrogens with zero attached hydrogens (tertiary/aromatic N) is 2. The van der Waals surface area contributed by atoms with Crippen LogP contribution in [0.4, 0.5) is 0 Å². The normalized spacial score (nSPS) is 25.4. The maximum absolute atomic E-state index is 4.45. The van der Waals surface area contributed by atoms with Gasteiger partial charge in [0, 0.05) is 38.8 Å². The molecule has 0 amide bonds. The van der Waals surface area contributed by atoms with Crippen molar-refractivity contribution < 1.29 is 0 Å². The van der Waals surface area contributed by atoms with Crippen LogP contribution in [0.2, 0.25) is 0 Å². The van der Waals surface area contributed by atoms with Crippen molar-refractivity contribution in [2.24, 2.45) is 10.9 Å². The summed E-state index contributed by atoms with van der Waals surface area (Å²) in [6.45, 7) is 3.61. The second-order valence-electron chi connectivity index (χ2n) is 7.76. The van der Waals surface area contributed by atoms with Gasteiger partial charge in [0.15, 0.2) is 5.96 Å². The van der Waals surface area contributed by atoms with Crippen molar-refractivity contribution in [1.82, 2.24) is 15.5 Å². The minimum atomic E-state index is 0. The van der Waals surface area contributed by atoms with Crippen LogP contribution >= 0.6 is 35.7 Å². The summed E-state index contributed by atoms with van der Waals surface area (Å²) in [5, 5.41) is 7.25. The third-order valence-electron chi connectivity index (χ3n) is 6.08. The zero-order valence-corrected chi connectivity index (χ0v) is 19.0. The topological polar surface area (TPSA) is 39.7 Å². The average molecular weight is 481 g/mol. The van der Waals surface area contributed by atoms with E-state index in [1.165, 1.54) is 82.4 Å². The Kier molecular flexibility index (Phi) is 10.3. The highest BCUT2D eigenvalue weighted by atomic mass is 127. The Morgan fingerprint density at radius 2 is 1.68 bits per heavy atom. The molecule has 0 radical (unpaired) electrons. The minimum absolute atomic E-state index is 0. The standard InChI is InChI=1S/C19H36N4S.HI/c1-20-19(21-15-16-9-13-24-14-10-16)22-17-7-11-23(12-8-17)18-5-3-2-4-6-18;/h16-18H,2-15H2,1H3,(H2,20,21,22);1H. The van der Waals surface area contributed by atoms with Gasteiger partial charge >= 0.3 is 0 Å². The number of hydrogen-bond acceptors (Lipinski definition) is 3. The summed E-state index contributed by atoms with van der Waals surface area (Å²) in [6, 6.07) is 1.47. The van der Waals surface area contributed by atoms with E-state index in [0.717, 1.165) is 24.5 Å². The molecular weight excluding hydrogens is 443 g/mol. The Morgan fingerprint density at radius 3 is 2.32 bits per heavy atom. The van der Waals surface area contributed by atoms with Crippen molar-refractivity contribution in [3.8, 4) is 0 Å². The van der Waals surface area contributed by atoms with Crippen LogP contribution in [0.3, 0.4) is 0 Å². The zero-order chi connectivity index (χ0) is 16.6. The molecule has 0 unspecified atom stereocenters. The van der Waals surface area contributed by atoms with Crippen LogP contribution in [-0.4, -0.2) is 61.1 Å². The Labute approximate surface area is 175 Å². The van der Waals surface area contributed by atoms with Crippen LogP contribution in [-0.2, 0) is 0 Å². The number of likely N-dealkylation sites (tertiary alicyclic amines) is 1. The lowest BCUT2D eigenvalue weighted by molar-refractivity contribution is 0.119. The van der Waals surface area contributed by atoms with Crippen molar-refractivity contribution in [1.29, 1.82) is 0 Å². The Morgan fingerprint density at radius 1 is 1.00 bits per heavy atom. The number of rotatable bonds is 4. The lowest BCUT2D eigenvalue weighted by Gasteiger charge is -2.39. The number of thioether (sulfide) groups is 1. The third kappa shape index (κ3) is 7.09. The molecule has 0 bridgehead atoms. The molecule has 1 saturated carbocycles. The molecule has 0 aromatic heterocycles. The van der Waals surface area contributed by atoms with Crippen LogP contribution in [0.5, 0.6) is 0 Å². The van der Waals surface area contributed by atoms with E-state index in [9.17, 15) is 0 Å². The summed E-state index contributed by atoms with van der Waals surface area (Å²) in [6.07, 6.45) is 12.4. The first-order valence-corrected chi connectivity index (χ1v) is 11.3. The Hall–Kier alpha value is 0.310. The van der Waals surface area contributed by atoms with E-state index >= 15 is 0 Å². The molecule has 6 heteroatoms. The van der Waals surface area contributed by atoms with Gasteiger partial charge in [-0.1, -0.05) is 19.3 Å². The molecule has 3 aliphatic rings. The molecule has 0 aromatic carbocycles. The van der Waals surface area contributed by atoms with Crippen LogP contribution < -0.4 is 10.6 Å². The minimum Gasteiger partial charge on any atom is -0.356 e. The second kappa shape index (κ2) is 11.9. The summed E-state index contributed by atoms with van der Waals surface area (Å²) in [5.74, 6) is 4.51. The first-order chi connectivity index (χ1) is 11.8. The van der Waals surface area contributed by atoms with Gasteiger partial charge in [-0.3, -0.25) is 4.99 Å². The monoisotopic (exact) mass is 480 g/mol. The lowest BCUT2D eigenvalue weighted by atomic mass is 9.92. The zero-order valence-electron chi connectivity index (χ0n) is 15.8. The highest BCUT2D eigenvalue weighted by Gasteiger charge is 2.26. The van der Waals surface area contributed by atoms with Crippen molar-refractivity contribution in [2.75, 3.05) is 38.2 Å². The van der Waals surface area contributed by atoms with Gasteiger partial charge in [-0.15, -0.1) is 24.0 Å².